The van der Waals surface area contributed by atoms with Gasteiger partial charge in [-0.15, -0.1) is 0 Å². The molecule has 1 aromatic heterocycles. The molecule has 0 radical (unpaired) electrons. The van der Waals surface area contributed by atoms with E-state index >= 15 is 0 Å². The van der Waals surface area contributed by atoms with Crippen LogP contribution >= 0.6 is 0 Å². The second-order valence-corrected chi connectivity index (χ2v) is 10.7. The third-order valence-electron chi connectivity index (χ3n) is 6.73. The van der Waals surface area contributed by atoms with Crippen molar-refractivity contribution < 1.29 is 78.7 Å². The predicted octanol–water partition coefficient (Wildman–Crippen LogP) is 3.62. The number of carbonyl (C=O) groups is 4. The molecule has 2 saturated heterocycles. The number of pyridine rings is 1. The van der Waals surface area contributed by atoms with E-state index in [1.807, 2.05) is 25.3 Å². The van der Waals surface area contributed by atoms with Gasteiger partial charge in [-0.2, -0.15) is 39.5 Å². The molecular formula is C27H37F9N4O8. The maximum Gasteiger partial charge on any atom is 0.490 e. The topological polar surface area (TPSA) is 161 Å². The lowest BCUT2D eigenvalue weighted by Crippen LogP contribution is -2.42. The average molecular weight is 717 g/mol. The molecule has 0 unspecified atom stereocenters. The van der Waals surface area contributed by atoms with Gasteiger partial charge in [0.15, 0.2) is 0 Å². The molecule has 0 amide bonds. The van der Waals surface area contributed by atoms with Crippen molar-refractivity contribution in [1.82, 2.24) is 19.7 Å². The van der Waals surface area contributed by atoms with Crippen LogP contribution in [0.15, 0.2) is 24.4 Å². The van der Waals surface area contributed by atoms with Gasteiger partial charge in [0.05, 0.1) is 17.7 Å². The van der Waals surface area contributed by atoms with E-state index in [-0.39, 0.29) is 11.4 Å². The number of alkyl halides is 9. The molecule has 0 bridgehead atoms. The number of hydrogen-bond acceptors (Lipinski definition) is 9. The zero-order valence-corrected chi connectivity index (χ0v) is 26.0. The zero-order valence-electron chi connectivity index (χ0n) is 26.0. The van der Waals surface area contributed by atoms with Gasteiger partial charge in [-0.1, -0.05) is 6.07 Å². The number of likely N-dealkylation sites (N-methyl/N-ethyl adjacent to an activating group) is 1. The molecule has 2 aliphatic heterocycles. The van der Waals surface area contributed by atoms with Gasteiger partial charge in [-0.05, 0) is 52.5 Å². The summed E-state index contributed by atoms with van der Waals surface area (Å²) in [6.07, 6.45) is -11.4. The number of rotatable bonds is 7. The zero-order chi connectivity index (χ0) is 37.5. The van der Waals surface area contributed by atoms with Gasteiger partial charge in [0.1, 0.15) is 0 Å². The van der Waals surface area contributed by atoms with Crippen LogP contribution in [0.3, 0.4) is 0 Å². The van der Waals surface area contributed by atoms with Crippen molar-refractivity contribution in [2.45, 2.75) is 44.8 Å². The first kappa shape index (κ1) is 44.3. The van der Waals surface area contributed by atoms with Crippen LogP contribution in [0.25, 0.3) is 0 Å². The lowest BCUT2D eigenvalue weighted by Gasteiger charge is -2.31. The highest BCUT2D eigenvalue weighted by Crippen LogP contribution is 2.43. The predicted molar refractivity (Wildman–Crippen MR) is 147 cm³/mol. The normalized spacial score (nSPS) is 20.0. The van der Waals surface area contributed by atoms with Crippen molar-refractivity contribution in [1.29, 1.82) is 0 Å². The molecule has 12 nitrogen and oxygen atoms in total. The van der Waals surface area contributed by atoms with E-state index in [0.29, 0.717) is 12.5 Å². The highest BCUT2D eigenvalue weighted by Gasteiger charge is 2.53. The number of esters is 1. The number of fused-ring (bicyclic) bond motifs is 1. The van der Waals surface area contributed by atoms with E-state index in [1.54, 1.807) is 0 Å². The third-order valence-corrected chi connectivity index (χ3v) is 6.73. The molecule has 2 aliphatic rings. The van der Waals surface area contributed by atoms with Crippen LogP contribution in [-0.2, 0) is 30.5 Å². The fourth-order valence-electron chi connectivity index (χ4n) is 4.60. The molecule has 276 valence electrons. The number of hydrogen-bond donors (Lipinski definition) is 3. The Hall–Kier alpha value is -3.72. The van der Waals surface area contributed by atoms with Crippen molar-refractivity contribution in [2.24, 2.45) is 11.3 Å². The number of nitrogens with zero attached hydrogens (tertiary/aromatic N) is 4. The summed E-state index contributed by atoms with van der Waals surface area (Å²) in [6, 6.07) is 6.08. The van der Waals surface area contributed by atoms with Crippen LogP contribution in [0.4, 0.5) is 39.5 Å². The van der Waals surface area contributed by atoms with Crippen LogP contribution in [0, 0.1) is 11.3 Å². The molecule has 2 atom stereocenters. The van der Waals surface area contributed by atoms with Crippen LogP contribution in [0.5, 0.6) is 0 Å². The van der Waals surface area contributed by atoms with Crippen molar-refractivity contribution >= 4 is 23.9 Å². The van der Waals surface area contributed by atoms with E-state index in [2.05, 4.69) is 39.8 Å². The van der Waals surface area contributed by atoms with Crippen LogP contribution in [-0.4, -0.2) is 137 Å². The molecule has 1 aromatic rings. The van der Waals surface area contributed by atoms with E-state index in [0.717, 1.165) is 64.3 Å². The minimum Gasteiger partial charge on any atom is -0.475 e. The first-order chi connectivity index (χ1) is 21.9. The van der Waals surface area contributed by atoms with Crippen molar-refractivity contribution in [2.75, 3.05) is 60.0 Å². The molecule has 2 fully saturated rings. The Morgan fingerprint density at radius 2 is 1.38 bits per heavy atom. The molecule has 0 aliphatic carbocycles. The summed E-state index contributed by atoms with van der Waals surface area (Å²) in [7, 11) is 4.20. The molecule has 0 aromatic carbocycles. The molecule has 3 rings (SSSR count). The van der Waals surface area contributed by atoms with Crippen LogP contribution < -0.4 is 0 Å². The average Bonchev–Trinajstić information content (AvgIpc) is 3.20. The summed E-state index contributed by atoms with van der Waals surface area (Å²) < 4.78 is 101. The summed E-state index contributed by atoms with van der Waals surface area (Å²) in [5, 5.41) is 21.4. The van der Waals surface area contributed by atoms with Crippen molar-refractivity contribution in [3.63, 3.8) is 0 Å². The molecule has 21 heteroatoms. The number of carboxylic acid groups (broad SMARTS) is 3. The Kier molecular flexibility index (Phi) is 17.8. The molecule has 3 N–H and O–H groups in total. The van der Waals surface area contributed by atoms with Crippen LogP contribution in [0.1, 0.15) is 25.5 Å². The van der Waals surface area contributed by atoms with Gasteiger partial charge in [0, 0.05) is 51.4 Å². The van der Waals surface area contributed by atoms with E-state index < -0.39 is 36.4 Å². The number of halogens is 9. The highest BCUT2D eigenvalue weighted by atomic mass is 19.4. The molecule has 3 heterocycles. The Morgan fingerprint density at radius 1 is 0.896 bits per heavy atom. The fourth-order valence-corrected chi connectivity index (χ4v) is 4.60. The van der Waals surface area contributed by atoms with Gasteiger partial charge in [-0.3, -0.25) is 14.7 Å². The smallest absolute Gasteiger partial charge is 0.475 e. The van der Waals surface area contributed by atoms with E-state index in [1.165, 1.54) is 0 Å². The minimum atomic E-state index is -5.08. The number of ether oxygens (including phenoxy) is 1. The SMILES string of the molecule is CCOC(=O)[C@]12CCCN(Cc3ccccn3)C[C@H]1CN(CCN(C)C)C2.O=C(O)C(F)(F)F.O=C(O)C(F)(F)F.O=C(O)C(F)(F)F. The van der Waals surface area contributed by atoms with Crippen molar-refractivity contribution in [3.05, 3.63) is 30.1 Å². The summed E-state index contributed by atoms with van der Waals surface area (Å²) in [5.41, 5.74) is 0.755. The Morgan fingerprint density at radius 3 is 1.77 bits per heavy atom. The molecule has 48 heavy (non-hydrogen) atoms. The van der Waals surface area contributed by atoms with Crippen molar-refractivity contribution in [3.8, 4) is 0 Å². The molecular weight excluding hydrogens is 679 g/mol. The maximum atomic E-state index is 13.0. The van der Waals surface area contributed by atoms with Gasteiger partial charge in [-0.25, -0.2) is 14.4 Å². The number of carbonyl (C=O) groups excluding carboxylic acids is 1. The Bertz CT molecular complexity index is 1110. The van der Waals surface area contributed by atoms with Gasteiger partial charge in [0.25, 0.3) is 0 Å². The third kappa shape index (κ3) is 16.4. The minimum absolute atomic E-state index is 0.0158. The highest BCUT2D eigenvalue weighted by molar-refractivity contribution is 5.78. The number of aliphatic carboxylic acids is 3. The number of carboxylic acids is 3. The second kappa shape index (κ2) is 19.3. The molecule has 0 saturated carbocycles. The van der Waals surface area contributed by atoms with Gasteiger partial charge < -0.3 is 29.9 Å². The summed E-state index contributed by atoms with van der Waals surface area (Å²) >= 11 is 0. The first-order valence-electron chi connectivity index (χ1n) is 13.9. The second-order valence-electron chi connectivity index (χ2n) is 10.7. The number of likely N-dealkylation sites (tertiary alicyclic amines) is 2. The van der Waals surface area contributed by atoms with E-state index in [9.17, 15) is 44.3 Å². The fraction of sp³-hybridized carbons (Fsp3) is 0.667. The monoisotopic (exact) mass is 716 g/mol. The summed E-state index contributed by atoms with van der Waals surface area (Å²) in [6.45, 7) is 9.02. The van der Waals surface area contributed by atoms with Crippen LogP contribution in [0.2, 0.25) is 0 Å². The van der Waals surface area contributed by atoms with Gasteiger partial charge in [0.2, 0.25) is 0 Å². The molecule has 0 spiro atoms. The maximum absolute atomic E-state index is 13.0. The van der Waals surface area contributed by atoms with E-state index in [4.69, 9.17) is 34.4 Å². The standard InChI is InChI=1S/C21H34N4O2.3C2HF3O2/c1-4-27-20(26)21-9-7-11-24(16-19-8-5-6-10-22-19)14-18(21)15-25(17-21)13-12-23(2)3;3*3-2(4,5)1(6)7/h5-6,8,10,18H,4,7,9,11-17H2,1-3H3;3*(H,6,7)/t18-,21-;;;/m0.../s1. The largest absolute Gasteiger partial charge is 0.490 e. The first-order valence-corrected chi connectivity index (χ1v) is 13.9. The Labute approximate surface area is 269 Å². The quantitative estimate of drug-likeness (QED) is 0.278. The number of aromatic nitrogens is 1. The lowest BCUT2D eigenvalue weighted by molar-refractivity contribution is -0.193. The lowest BCUT2D eigenvalue weighted by atomic mass is 9.75. The summed E-state index contributed by atoms with van der Waals surface area (Å²) in [5.74, 6) is -7.93. The van der Waals surface area contributed by atoms with Gasteiger partial charge >= 0.3 is 42.4 Å². The summed E-state index contributed by atoms with van der Waals surface area (Å²) in [4.78, 5) is 51.3. The Balaban J connectivity index is 0.000000855.